The molecule has 0 aliphatic carbocycles. The molecule has 2 aromatic rings. The van der Waals surface area contributed by atoms with E-state index in [2.05, 4.69) is 9.97 Å². The van der Waals surface area contributed by atoms with Gasteiger partial charge < -0.3 is 14.9 Å². The molecule has 0 fully saturated rings. The Bertz CT molecular complexity index is 424. The molecule has 2 N–H and O–H groups in total. The highest BCUT2D eigenvalue weighted by molar-refractivity contribution is 7.09. The van der Waals surface area contributed by atoms with Crippen LogP contribution in [0.5, 0.6) is 0 Å². The quantitative estimate of drug-likeness (QED) is 0.833. The molecule has 0 unspecified atom stereocenters. The maximum absolute atomic E-state index is 5.35. The van der Waals surface area contributed by atoms with Crippen LogP contribution in [0.3, 0.4) is 0 Å². The molecule has 0 amide bonds. The Labute approximate surface area is 84.5 Å². The fraction of sp³-hybridized carbons (Fsp3) is 0.250. The second-order valence-electron chi connectivity index (χ2n) is 2.62. The number of nitrogens with two attached hydrogens (primary N) is 1. The third kappa shape index (κ3) is 1.75. The maximum atomic E-state index is 5.35. The standard InChI is InChI=1S/C8H9N3O2S/c1-12-3-7-11-5(4-14-7)6-2-10-8(9)13-6/h2,4H,3H2,1H3,(H2,9,10). The molecule has 2 aromatic heterocycles. The van der Waals surface area contributed by atoms with Crippen molar-refractivity contribution in [2.24, 2.45) is 0 Å². The molecule has 0 aromatic carbocycles. The minimum atomic E-state index is 0.154. The van der Waals surface area contributed by atoms with Gasteiger partial charge in [0.15, 0.2) is 5.76 Å². The van der Waals surface area contributed by atoms with E-state index >= 15 is 0 Å². The van der Waals surface area contributed by atoms with Gasteiger partial charge in [-0.1, -0.05) is 0 Å². The van der Waals surface area contributed by atoms with Crippen LogP contribution in [-0.2, 0) is 11.3 Å². The number of hydrogen-bond acceptors (Lipinski definition) is 6. The van der Waals surface area contributed by atoms with Gasteiger partial charge in [0.2, 0.25) is 0 Å². The Morgan fingerprint density at radius 2 is 2.50 bits per heavy atom. The summed E-state index contributed by atoms with van der Waals surface area (Å²) in [4.78, 5) is 8.08. The van der Waals surface area contributed by atoms with Crippen LogP contribution in [-0.4, -0.2) is 17.1 Å². The van der Waals surface area contributed by atoms with Crippen molar-refractivity contribution in [2.45, 2.75) is 6.61 Å². The van der Waals surface area contributed by atoms with Crippen LogP contribution in [0, 0.1) is 0 Å². The van der Waals surface area contributed by atoms with Gasteiger partial charge in [-0.3, -0.25) is 0 Å². The molecule has 74 valence electrons. The van der Waals surface area contributed by atoms with Crippen molar-refractivity contribution in [3.63, 3.8) is 0 Å². The smallest absolute Gasteiger partial charge is 0.292 e. The van der Waals surface area contributed by atoms with Gasteiger partial charge in [0.25, 0.3) is 6.01 Å². The van der Waals surface area contributed by atoms with Gasteiger partial charge in [0, 0.05) is 12.5 Å². The number of hydrogen-bond donors (Lipinski definition) is 1. The van der Waals surface area contributed by atoms with Gasteiger partial charge in [0.1, 0.15) is 10.7 Å². The Hall–Kier alpha value is -1.40. The van der Waals surface area contributed by atoms with Crippen molar-refractivity contribution < 1.29 is 9.15 Å². The second kappa shape index (κ2) is 3.77. The summed E-state index contributed by atoms with van der Waals surface area (Å²) < 4.78 is 10.1. The predicted molar refractivity (Wildman–Crippen MR) is 52.7 cm³/mol. The highest BCUT2D eigenvalue weighted by atomic mass is 32.1. The average molecular weight is 211 g/mol. The molecule has 5 nitrogen and oxygen atoms in total. The van der Waals surface area contributed by atoms with Gasteiger partial charge in [-0.05, 0) is 0 Å². The van der Waals surface area contributed by atoms with Crippen LogP contribution in [0.2, 0.25) is 0 Å². The Morgan fingerprint density at radius 3 is 3.14 bits per heavy atom. The number of nitrogens with zero attached hydrogens (tertiary/aromatic N) is 2. The van der Waals surface area contributed by atoms with E-state index in [-0.39, 0.29) is 6.01 Å². The van der Waals surface area contributed by atoms with Gasteiger partial charge in [-0.25, -0.2) is 9.97 Å². The summed E-state index contributed by atoms with van der Waals surface area (Å²) in [5, 5.41) is 2.78. The number of ether oxygens (including phenoxy) is 1. The lowest BCUT2D eigenvalue weighted by molar-refractivity contribution is 0.184. The zero-order chi connectivity index (χ0) is 9.97. The van der Waals surface area contributed by atoms with E-state index in [4.69, 9.17) is 14.9 Å². The Balaban J connectivity index is 2.24. The van der Waals surface area contributed by atoms with E-state index in [9.17, 15) is 0 Å². The maximum Gasteiger partial charge on any atom is 0.292 e. The molecule has 0 radical (unpaired) electrons. The van der Waals surface area contributed by atoms with Gasteiger partial charge in [-0.15, -0.1) is 11.3 Å². The van der Waals surface area contributed by atoms with Crippen LogP contribution in [0.25, 0.3) is 11.5 Å². The molecule has 2 rings (SSSR count). The van der Waals surface area contributed by atoms with Crippen molar-refractivity contribution in [1.82, 2.24) is 9.97 Å². The van der Waals surface area contributed by atoms with Crippen molar-refractivity contribution >= 4 is 17.4 Å². The molecule has 0 aliphatic heterocycles. The zero-order valence-corrected chi connectivity index (χ0v) is 8.37. The summed E-state index contributed by atoms with van der Waals surface area (Å²) in [6.45, 7) is 0.508. The van der Waals surface area contributed by atoms with Crippen LogP contribution < -0.4 is 5.73 Å². The number of nitrogen functional groups attached to an aromatic ring is 1. The first kappa shape index (κ1) is 9.17. The normalized spacial score (nSPS) is 10.6. The molecule has 0 bridgehead atoms. The van der Waals surface area contributed by atoms with Crippen molar-refractivity contribution in [1.29, 1.82) is 0 Å². The summed E-state index contributed by atoms with van der Waals surface area (Å²) in [7, 11) is 1.63. The molecule has 0 saturated heterocycles. The SMILES string of the molecule is COCc1nc(-c2cnc(N)o2)cs1. The molecule has 0 aliphatic rings. The van der Waals surface area contributed by atoms with Gasteiger partial charge >= 0.3 is 0 Å². The molecule has 0 atom stereocenters. The molecule has 0 saturated carbocycles. The molecular formula is C8H9N3O2S. The monoisotopic (exact) mass is 211 g/mol. The van der Waals surface area contributed by atoms with Crippen LogP contribution in [0.4, 0.5) is 6.01 Å². The molecule has 2 heterocycles. The highest BCUT2D eigenvalue weighted by Crippen LogP contribution is 2.23. The van der Waals surface area contributed by atoms with E-state index in [0.29, 0.717) is 12.4 Å². The summed E-state index contributed by atoms with van der Waals surface area (Å²) in [6, 6.07) is 0.154. The minimum absolute atomic E-state index is 0.154. The zero-order valence-electron chi connectivity index (χ0n) is 7.56. The lowest BCUT2D eigenvalue weighted by atomic mass is 10.4. The van der Waals surface area contributed by atoms with E-state index < -0.39 is 0 Å². The summed E-state index contributed by atoms with van der Waals surface area (Å²) >= 11 is 1.51. The molecule has 0 spiro atoms. The predicted octanol–water partition coefficient (Wildman–Crippen LogP) is 1.53. The van der Waals surface area contributed by atoms with E-state index in [1.54, 1.807) is 13.3 Å². The highest BCUT2D eigenvalue weighted by Gasteiger charge is 2.08. The molecular weight excluding hydrogens is 202 g/mol. The molecule has 14 heavy (non-hydrogen) atoms. The molecule has 6 heteroatoms. The second-order valence-corrected chi connectivity index (χ2v) is 3.56. The summed E-state index contributed by atoms with van der Waals surface area (Å²) in [6.07, 6.45) is 1.56. The first-order chi connectivity index (χ1) is 6.79. The third-order valence-corrected chi connectivity index (χ3v) is 2.42. The largest absolute Gasteiger partial charge is 0.422 e. The number of oxazole rings is 1. The van der Waals surface area contributed by atoms with Crippen LogP contribution in [0.1, 0.15) is 5.01 Å². The van der Waals surface area contributed by atoms with Gasteiger partial charge in [0.05, 0.1) is 12.8 Å². The Morgan fingerprint density at radius 1 is 1.64 bits per heavy atom. The third-order valence-electron chi connectivity index (χ3n) is 1.60. The van der Waals surface area contributed by atoms with E-state index in [0.717, 1.165) is 10.7 Å². The lowest BCUT2D eigenvalue weighted by Gasteiger charge is -1.90. The van der Waals surface area contributed by atoms with Crippen molar-refractivity contribution in [3.8, 4) is 11.5 Å². The lowest BCUT2D eigenvalue weighted by Crippen LogP contribution is -1.85. The number of aromatic nitrogens is 2. The average Bonchev–Trinajstić information content (AvgIpc) is 2.74. The first-order valence-electron chi connectivity index (χ1n) is 3.94. The summed E-state index contributed by atoms with van der Waals surface area (Å²) in [5.41, 5.74) is 6.10. The first-order valence-corrected chi connectivity index (χ1v) is 4.82. The topological polar surface area (TPSA) is 74.2 Å². The van der Waals surface area contributed by atoms with Crippen molar-refractivity contribution in [2.75, 3.05) is 12.8 Å². The fourth-order valence-corrected chi connectivity index (χ4v) is 1.77. The van der Waals surface area contributed by atoms with E-state index in [1.807, 2.05) is 5.38 Å². The van der Waals surface area contributed by atoms with Gasteiger partial charge in [-0.2, -0.15) is 0 Å². The summed E-state index contributed by atoms with van der Waals surface area (Å²) in [5.74, 6) is 0.584. The van der Waals surface area contributed by atoms with Crippen LogP contribution >= 0.6 is 11.3 Å². The number of methoxy groups -OCH3 is 1. The number of anilines is 1. The van der Waals surface area contributed by atoms with E-state index in [1.165, 1.54) is 11.3 Å². The number of rotatable bonds is 3. The minimum Gasteiger partial charge on any atom is -0.422 e. The number of thiazole rings is 1. The van der Waals surface area contributed by atoms with Crippen LogP contribution in [0.15, 0.2) is 16.0 Å². The van der Waals surface area contributed by atoms with Crippen molar-refractivity contribution in [3.05, 3.63) is 16.6 Å². The fourth-order valence-electron chi connectivity index (χ4n) is 1.02. The Kier molecular flexibility index (Phi) is 2.47.